The van der Waals surface area contributed by atoms with Crippen LogP contribution in [0, 0.1) is 0 Å². The van der Waals surface area contributed by atoms with Gasteiger partial charge in [-0.1, -0.05) is 46.7 Å². The molecule has 0 fully saturated rings. The zero-order valence-electron chi connectivity index (χ0n) is 18.0. The van der Waals surface area contributed by atoms with E-state index in [1.54, 1.807) is 41.9 Å². The predicted octanol–water partition coefficient (Wildman–Crippen LogP) is 6.59. The van der Waals surface area contributed by atoms with Crippen molar-refractivity contribution >= 4 is 72.4 Å². The first-order chi connectivity index (χ1) is 15.9. The average Bonchev–Trinajstić information content (AvgIpc) is 3.24. The van der Waals surface area contributed by atoms with Crippen molar-refractivity contribution < 1.29 is 9.59 Å². The highest BCUT2D eigenvalue weighted by atomic mass is 79.9. The van der Waals surface area contributed by atoms with Crippen molar-refractivity contribution in [1.82, 2.24) is 9.97 Å². The van der Waals surface area contributed by atoms with Gasteiger partial charge in [-0.25, -0.2) is 9.97 Å². The summed E-state index contributed by atoms with van der Waals surface area (Å²) in [6, 6.07) is 15.2. The highest BCUT2D eigenvalue weighted by Gasteiger charge is 2.22. The number of thiophene rings is 1. The molecule has 0 aliphatic carbocycles. The third-order valence-electron chi connectivity index (χ3n) is 4.88. The van der Waals surface area contributed by atoms with Crippen LogP contribution in [0.4, 0.5) is 11.4 Å². The number of nitrogens with zero attached hydrogens (tertiary/aromatic N) is 2. The fraction of sp³-hybridized carbons (Fsp3) is 0.167. The van der Waals surface area contributed by atoms with Gasteiger partial charge in [0.25, 0.3) is 0 Å². The number of hydrogen-bond donors (Lipinski definition) is 2. The van der Waals surface area contributed by atoms with Gasteiger partial charge >= 0.3 is 0 Å². The zero-order valence-corrected chi connectivity index (χ0v) is 21.2. The first kappa shape index (κ1) is 23.4. The molecular formula is C24H21BrN4O2S2. The minimum absolute atomic E-state index is 0.0954. The zero-order chi connectivity index (χ0) is 23.4. The number of carbonyl (C=O) groups is 2. The minimum Gasteiger partial charge on any atom is -0.326 e. The van der Waals surface area contributed by atoms with Crippen molar-refractivity contribution in [3.8, 4) is 11.1 Å². The van der Waals surface area contributed by atoms with Gasteiger partial charge in [-0.15, -0.1) is 11.3 Å². The van der Waals surface area contributed by atoms with E-state index in [-0.39, 0.29) is 17.1 Å². The number of rotatable bonds is 7. The molecule has 0 spiro atoms. The van der Waals surface area contributed by atoms with Gasteiger partial charge in [0.05, 0.1) is 10.6 Å². The Bertz CT molecular complexity index is 1290. The van der Waals surface area contributed by atoms with Crippen LogP contribution in [-0.2, 0) is 9.59 Å². The molecule has 0 radical (unpaired) electrons. The number of halogens is 1. The minimum atomic E-state index is -0.323. The normalized spacial score (nSPS) is 11.8. The maximum absolute atomic E-state index is 13.0. The monoisotopic (exact) mass is 540 g/mol. The van der Waals surface area contributed by atoms with Crippen LogP contribution in [0.25, 0.3) is 21.3 Å². The Morgan fingerprint density at radius 2 is 1.70 bits per heavy atom. The molecule has 0 bridgehead atoms. The van der Waals surface area contributed by atoms with Gasteiger partial charge in [-0.3, -0.25) is 9.59 Å². The summed E-state index contributed by atoms with van der Waals surface area (Å²) in [6.45, 7) is 3.44. The Hall–Kier alpha value is -2.75. The molecule has 1 atom stereocenters. The Balaban J connectivity index is 1.56. The summed E-state index contributed by atoms with van der Waals surface area (Å²) in [6.07, 6.45) is 2.20. The number of anilines is 2. The van der Waals surface area contributed by atoms with Gasteiger partial charge in [0, 0.05) is 33.7 Å². The van der Waals surface area contributed by atoms with E-state index >= 15 is 0 Å². The largest absolute Gasteiger partial charge is 0.326 e. The summed E-state index contributed by atoms with van der Waals surface area (Å²) in [5.41, 5.74) is 3.50. The molecule has 9 heteroatoms. The molecular weight excluding hydrogens is 520 g/mol. The van der Waals surface area contributed by atoms with Crippen LogP contribution in [-0.4, -0.2) is 27.0 Å². The number of fused-ring (bicyclic) bond motifs is 1. The van der Waals surface area contributed by atoms with Crippen LogP contribution >= 0.6 is 39.0 Å². The molecule has 6 nitrogen and oxygen atoms in total. The number of amides is 2. The van der Waals surface area contributed by atoms with Crippen molar-refractivity contribution in [3.63, 3.8) is 0 Å². The highest BCUT2D eigenvalue weighted by Crippen LogP contribution is 2.39. The first-order valence-electron chi connectivity index (χ1n) is 10.3. The smallest absolute Gasteiger partial charge is 0.237 e. The number of benzene rings is 2. The van der Waals surface area contributed by atoms with Gasteiger partial charge in [-0.05, 0) is 48.4 Å². The van der Waals surface area contributed by atoms with Crippen LogP contribution in [0.3, 0.4) is 0 Å². The van der Waals surface area contributed by atoms with E-state index in [4.69, 9.17) is 0 Å². The second kappa shape index (κ2) is 10.5. The Morgan fingerprint density at radius 1 is 1.03 bits per heavy atom. The van der Waals surface area contributed by atoms with Crippen molar-refractivity contribution in [2.75, 3.05) is 10.6 Å². The maximum atomic E-state index is 13.0. The third-order valence-corrected chi connectivity index (χ3v) is 7.66. The summed E-state index contributed by atoms with van der Waals surface area (Å²) in [4.78, 5) is 34.1. The molecule has 0 saturated heterocycles. The molecule has 2 amide bonds. The molecule has 1 unspecified atom stereocenters. The molecule has 2 N–H and O–H groups in total. The van der Waals surface area contributed by atoms with E-state index in [1.807, 2.05) is 19.1 Å². The van der Waals surface area contributed by atoms with Crippen LogP contribution in [0.5, 0.6) is 0 Å². The first-order valence-corrected chi connectivity index (χ1v) is 12.8. The van der Waals surface area contributed by atoms with E-state index < -0.39 is 0 Å². The molecule has 0 aliphatic rings. The molecule has 0 aliphatic heterocycles. The predicted molar refractivity (Wildman–Crippen MR) is 140 cm³/mol. The van der Waals surface area contributed by atoms with Crippen LogP contribution < -0.4 is 10.6 Å². The van der Waals surface area contributed by atoms with Gasteiger partial charge in [0.2, 0.25) is 11.8 Å². The van der Waals surface area contributed by atoms with Crippen molar-refractivity contribution in [3.05, 3.63) is 64.7 Å². The lowest BCUT2D eigenvalue weighted by atomic mass is 10.1. The molecule has 4 rings (SSSR count). The Morgan fingerprint density at radius 3 is 2.33 bits per heavy atom. The van der Waals surface area contributed by atoms with E-state index in [1.165, 1.54) is 18.7 Å². The van der Waals surface area contributed by atoms with Crippen molar-refractivity contribution in [2.24, 2.45) is 0 Å². The topological polar surface area (TPSA) is 84.0 Å². The highest BCUT2D eigenvalue weighted by molar-refractivity contribution is 9.10. The van der Waals surface area contributed by atoms with Crippen LogP contribution in [0.15, 0.2) is 69.7 Å². The van der Waals surface area contributed by atoms with E-state index in [9.17, 15) is 9.59 Å². The third kappa shape index (κ3) is 5.61. The second-order valence-electron chi connectivity index (χ2n) is 7.28. The lowest BCUT2D eigenvalue weighted by Gasteiger charge is -2.15. The maximum Gasteiger partial charge on any atom is 0.237 e. The van der Waals surface area contributed by atoms with Gasteiger partial charge in [0.1, 0.15) is 16.2 Å². The standard InChI is InChI=1S/C24H21BrN4O2S2/c1-3-20(22(31)29-18-10-8-17(9-11-18)28-14(2)30)33-24-21-19(12-32-23(21)26-13-27-24)15-4-6-16(25)7-5-15/h4-13,20H,3H2,1-2H3,(H,28,30)(H,29,31). The quantitative estimate of drug-likeness (QED) is 0.204. The van der Waals surface area contributed by atoms with Crippen LogP contribution in [0.2, 0.25) is 0 Å². The van der Waals surface area contributed by atoms with Crippen molar-refractivity contribution in [2.45, 2.75) is 30.5 Å². The second-order valence-corrected chi connectivity index (χ2v) is 10.2. The number of thioether (sulfide) groups is 1. The average molecular weight is 541 g/mol. The fourth-order valence-electron chi connectivity index (χ4n) is 3.30. The molecule has 4 aromatic rings. The molecule has 0 saturated carbocycles. The van der Waals surface area contributed by atoms with Gasteiger partial charge in [-0.2, -0.15) is 0 Å². The summed E-state index contributed by atoms with van der Waals surface area (Å²) in [5, 5.41) is 9.22. The lowest BCUT2D eigenvalue weighted by molar-refractivity contribution is -0.116. The van der Waals surface area contributed by atoms with Gasteiger partial charge < -0.3 is 10.6 Å². The van der Waals surface area contributed by atoms with E-state index in [0.717, 1.165) is 30.8 Å². The summed E-state index contributed by atoms with van der Waals surface area (Å²) >= 11 is 6.51. The molecule has 168 valence electrons. The number of nitrogens with one attached hydrogen (secondary N) is 2. The number of aromatic nitrogens is 2. The molecule has 2 aromatic carbocycles. The van der Waals surface area contributed by atoms with E-state index in [0.29, 0.717) is 17.8 Å². The summed E-state index contributed by atoms with van der Waals surface area (Å²) in [5.74, 6) is -0.233. The van der Waals surface area contributed by atoms with Crippen LogP contribution in [0.1, 0.15) is 20.3 Å². The number of hydrogen-bond acceptors (Lipinski definition) is 6. The SMILES string of the molecule is CCC(Sc1ncnc2scc(-c3ccc(Br)cc3)c12)C(=O)Nc1ccc(NC(C)=O)cc1. The Kier molecular flexibility index (Phi) is 7.42. The fourth-order valence-corrected chi connectivity index (χ4v) is 5.58. The van der Waals surface area contributed by atoms with E-state index in [2.05, 4.69) is 54.0 Å². The van der Waals surface area contributed by atoms with Gasteiger partial charge in [0.15, 0.2) is 0 Å². The molecule has 2 aromatic heterocycles. The summed E-state index contributed by atoms with van der Waals surface area (Å²) in [7, 11) is 0. The lowest BCUT2D eigenvalue weighted by Crippen LogP contribution is -2.24. The Labute approximate surface area is 208 Å². The molecule has 33 heavy (non-hydrogen) atoms. The van der Waals surface area contributed by atoms with Crippen molar-refractivity contribution in [1.29, 1.82) is 0 Å². The summed E-state index contributed by atoms with van der Waals surface area (Å²) < 4.78 is 1.02. The molecule has 2 heterocycles. The number of carbonyl (C=O) groups excluding carboxylic acids is 2.